The van der Waals surface area contributed by atoms with Crippen LogP contribution in [0.5, 0.6) is 0 Å². The molecule has 1 aliphatic carbocycles. The third-order valence-corrected chi connectivity index (χ3v) is 5.47. The normalized spacial score (nSPS) is 15.4. The van der Waals surface area contributed by atoms with E-state index in [-0.39, 0.29) is 6.54 Å². The molecule has 0 spiro atoms. The van der Waals surface area contributed by atoms with Gasteiger partial charge in [-0.3, -0.25) is 0 Å². The summed E-state index contributed by atoms with van der Waals surface area (Å²) in [4.78, 5) is 13.7. The van der Waals surface area contributed by atoms with Crippen LogP contribution in [0.25, 0.3) is 27.9 Å². The lowest BCUT2D eigenvalue weighted by atomic mass is 10.2. The number of aromatic nitrogens is 6. The lowest BCUT2D eigenvalue weighted by Gasteiger charge is -2.12. The average Bonchev–Trinajstić information content (AvgIpc) is 3.39. The summed E-state index contributed by atoms with van der Waals surface area (Å²) in [6, 6.07) is 6.23. The molecular formula is C20H22FN7. The van der Waals surface area contributed by atoms with Gasteiger partial charge >= 0.3 is 0 Å². The van der Waals surface area contributed by atoms with E-state index in [0.717, 1.165) is 34.0 Å². The highest BCUT2D eigenvalue weighted by atomic mass is 19.1. The second-order valence-electron chi connectivity index (χ2n) is 7.45. The van der Waals surface area contributed by atoms with Crippen LogP contribution in [-0.2, 0) is 6.54 Å². The molecule has 4 heterocycles. The number of halogens is 1. The zero-order chi connectivity index (χ0) is 19.3. The van der Waals surface area contributed by atoms with E-state index in [4.69, 9.17) is 4.98 Å². The molecule has 4 aromatic heterocycles. The predicted molar refractivity (Wildman–Crippen MR) is 106 cm³/mol. The van der Waals surface area contributed by atoms with Crippen molar-refractivity contribution < 1.29 is 4.39 Å². The van der Waals surface area contributed by atoms with E-state index in [1.165, 1.54) is 12.8 Å². The molecule has 5 rings (SSSR count). The van der Waals surface area contributed by atoms with Gasteiger partial charge in [-0.1, -0.05) is 0 Å². The number of hydrogen-bond acceptors (Lipinski definition) is 5. The Kier molecular flexibility index (Phi) is 3.99. The summed E-state index contributed by atoms with van der Waals surface area (Å²) in [6.07, 6.45) is 6.28. The monoisotopic (exact) mass is 379 g/mol. The molecule has 7 nitrogen and oxygen atoms in total. The SMILES string of the molecule is Cc1nc2ccc(-c3ccn4nc(N[C@H](C)C5CC5)ncc34)nc2n1CCF. The van der Waals surface area contributed by atoms with Gasteiger partial charge in [0.1, 0.15) is 18.0 Å². The molecule has 0 radical (unpaired) electrons. The highest BCUT2D eigenvalue weighted by molar-refractivity contribution is 5.82. The molecule has 1 atom stereocenters. The molecule has 0 aliphatic heterocycles. The fourth-order valence-corrected chi connectivity index (χ4v) is 3.72. The van der Waals surface area contributed by atoms with Crippen molar-refractivity contribution >= 4 is 22.6 Å². The fraction of sp³-hybridized carbons (Fsp3) is 0.400. The molecule has 0 amide bonds. The Labute approximate surface area is 161 Å². The topological polar surface area (TPSA) is 72.9 Å². The van der Waals surface area contributed by atoms with E-state index in [1.54, 1.807) is 0 Å². The second-order valence-corrected chi connectivity index (χ2v) is 7.45. The lowest BCUT2D eigenvalue weighted by molar-refractivity contribution is 0.445. The van der Waals surface area contributed by atoms with Crippen LogP contribution in [0.2, 0.25) is 0 Å². The van der Waals surface area contributed by atoms with Crippen molar-refractivity contribution in [3.05, 3.63) is 36.4 Å². The van der Waals surface area contributed by atoms with Crippen LogP contribution in [0, 0.1) is 12.8 Å². The number of anilines is 1. The Morgan fingerprint density at radius 3 is 2.89 bits per heavy atom. The predicted octanol–water partition coefficient (Wildman–Crippen LogP) is 3.63. The van der Waals surface area contributed by atoms with Crippen molar-refractivity contribution in [1.82, 2.24) is 29.1 Å². The number of nitrogens with one attached hydrogen (secondary N) is 1. The molecule has 1 saturated carbocycles. The van der Waals surface area contributed by atoms with Crippen LogP contribution in [0.15, 0.2) is 30.6 Å². The maximum Gasteiger partial charge on any atom is 0.241 e. The van der Waals surface area contributed by atoms with E-state index in [9.17, 15) is 4.39 Å². The minimum atomic E-state index is -0.448. The Hall–Kier alpha value is -3.03. The lowest BCUT2D eigenvalue weighted by Crippen LogP contribution is -2.19. The summed E-state index contributed by atoms with van der Waals surface area (Å²) >= 11 is 0. The summed E-state index contributed by atoms with van der Waals surface area (Å²) in [5, 5.41) is 7.97. The summed E-state index contributed by atoms with van der Waals surface area (Å²) < 4.78 is 16.6. The highest BCUT2D eigenvalue weighted by Gasteiger charge is 2.28. The van der Waals surface area contributed by atoms with Crippen molar-refractivity contribution in [2.45, 2.75) is 39.3 Å². The number of pyridine rings is 1. The summed E-state index contributed by atoms with van der Waals surface area (Å²) in [7, 11) is 0. The van der Waals surface area contributed by atoms with Crippen LogP contribution < -0.4 is 5.32 Å². The molecule has 144 valence electrons. The number of alkyl halides is 1. The van der Waals surface area contributed by atoms with Crippen molar-refractivity contribution in [2.24, 2.45) is 5.92 Å². The average molecular weight is 379 g/mol. The van der Waals surface area contributed by atoms with Gasteiger partial charge in [-0.25, -0.2) is 23.9 Å². The first kappa shape index (κ1) is 17.1. The minimum absolute atomic E-state index is 0.257. The number of nitrogens with zero attached hydrogens (tertiary/aromatic N) is 6. The fourth-order valence-electron chi connectivity index (χ4n) is 3.72. The smallest absolute Gasteiger partial charge is 0.241 e. The molecule has 1 N–H and O–H groups in total. The molecule has 0 saturated heterocycles. The van der Waals surface area contributed by atoms with Gasteiger partial charge in [-0.05, 0) is 50.8 Å². The summed E-state index contributed by atoms with van der Waals surface area (Å²) in [5.41, 5.74) is 4.09. The van der Waals surface area contributed by atoms with Gasteiger partial charge < -0.3 is 9.88 Å². The van der Waals surface area contributed by atoms with Gasteiger partial charge in [0.05, 0.1) is 24.0 Å². The van der Waals surface area contributed by atoms with E-state index < -0.39 is 6.67 Å². The molecule has 0 unspecified atom stereocenters. The van der Waals surface area contributed by atoms with Crippen LogP contribution in [0.1, 0.15) is 25.6 Å². The van der Waals surface area contributed by atoms with E-state index >= 15 is 0 Å². The van der Waals surface area contributed by atoms with Crippen LogP contribution >= 0.6 is 0 Å². The number of fused-ring (bicyclic) bond motifs is 2. The van der Waals surface area contributed by atoms with Gasteiger partial charge in [0.15, 0.2) is 5.65 Å². The third kappa shape index (κ3) is 2.89. The largest absolute Gasteiger partial charge is 0.350 e. The highest BCUT2D eigenvalue weighted by Crippen LogP contribution is 2.33. The van der Waals surface area contributed by atoms with Crippen molar-refractivity contribution in [2.75, 3.05) is 12.0 Å². The maximum atomic E-state index is 12.9. The third-order valence-electron chi connectivity index (χ3n) is 5.47. The molecule has 0 bridgehead atoms. The maximum absolute atomic E-state index is 12.9. The zero-order valence-electron chi connectivity index (χ0n) is 15.9. The van der Waals surface area contributed by atoms with Gasteiger partial charge in [0.2, 0.25) is 5.95 Å². The Morgan fingerprint density at radius 1 is 1.25 bits per heavy atom. The van der Waals surface area contributed by atoms with E-state index in [2.05, 4.69) is 27.3 Å². The number of imidazole rings is 1. The summed E-state index contributed by atoms with van der Waals surface area (Å²) in [5.74, 6) is 2.13. The summed E-state index contributed by atoms with van der Waals surface area (Å²) in [6.45, 7) is 3.85. The van der Waals surface area contributed by atoms with Crippen molar-refractivity contribution in [3.8, 4) is 11.3 Å². The molecule has 4 aromatic rings. The van der Waals surface area contributed by atoms with E-state index in [0.29, 0.717) is 17.6 Å². The van der Waals surface area contributed by atoms with Crippen LogP contribution in [-0.4, -0.2) is 41.8 Å². The zero-order valence-corrected chi connectivity index (χ0v) is 15.9. The quantitative estimate of drug-likeness (QED) is 0.554. The van der Waals surface area contributed by atoms with Crippen molar-refractivity contribution in [1.29, 1.82) is 0 Å². The Bertz CT molecular complexity index is 1160. The molecule has 8 heteroatoms. The van der Waals surface area contributed by atoms with Crippen molar-refractivity contribution in [3.63, 3.8) is 0 Å². The molecule has 1 fully saturated rings. The molecule has 1 aliphatic rings. The molecule has 0 aromatic carbocycles. The molecule has 28 heavy (non-hydrogen) atoms. The van der Waals surface area contributed by atoms with Gasteiger partial charge in [-0.2, -0.15) is 0 Å². The number of hydrogen-bond donors (Lipinski definition) is 1. The molecular weight excluding hydrogens is 357 g/mol. The number of aryl methyl sites for hydroxylation is 2. The van der Waals surface area contributed by atoms with E-state index in [1.807, 2.05) is 46.6 Å². The minimum Gasteiger partial charge on any atom is -0.350 e. The Morgan fingerprint density at radius 2 is 2.11 bits per heavy atom. The van der Waals surface area contributed by atoms with Gasteiger partial charge in [0.25, 0.3) is 0 Å². The number of rotatable bonds is 6. The van der Waals surface area contributed by atoms with Gasteiger partial charge in [0, 0.05) is 17.8 Å². The standard InChI is InChI=1S/C20H22FN7/c1-12(14-3-4-14)23-20-22-11-18-15(7-9-28(18)26-20)16-5-6-17-19(25-16)27(10-8-21)13(2)24-17/h5-7,9,11-12,14H,3-4,8,10H2,1-2H3,(H,23,26)/t12-/m1/s1. The van der Waals surface area contributed by atoms with Gasteiger partial charge in [-0.15, -0.1) is 5.10 Å². The van der Waals surface area contributed by atoms with Crippen LogP contribution in [0.4, 0.5) is 10.3 Å². The Balaban J connectivity index is 1.52. The second kappa shape index (κ2) is 6.54. The first-order valence-corrected chi connectivity index (χ1v) is 9.65. The first-order chi connectivity index (χ1) is 13.6. The first-order valence-electron chi connectivity index (χ1n) is 9.65. The van der Waals surface area contributed by atoms with Crippen LogP contribution in [0.3, 0.4) is 0 Å².